The van der Waals surface area contributed by atoms with Crippen LogP contribution < -0.4 is 0 Å². The van der Waals surface area contributed by atoms with Gasteiger partial charge in [0.15, 0.2) is 0 Å². The first-order valence-electron chi connectivity index (χ1n) is 7.08. The summed E-state index contributed by atoms with van der Waals surface area (Å²) < 4.78 is 44.0. The molecule has 5 nitrogen and oxygen atoms in total. The highest BCUT2D eigenvalue weighted by Crippen LogP contribution is 2.40. The second-order valence-electron chi connectivity index (χ2n) is 5.50. The predicted molar refractivity (Wildman–Crippen MR) is 74.9 cm³/mol. The summed E-state index contributed by atoms with van der Waals surface area (Å²) in [6.07, 6.45) is -4.90. The molecule has 0 radical (unpaired) electrons. The Morgan fingerprint density at radius 2 is 1.96 bits per heavy atom. The van der Waals surface area contributed by atoms with Crippen molar-refractivity contribution in [3.8, 4) is 0 Å². The summed E-state index contributed by atoms with van der Waals surface area (Å²) in [6.45, 7) is -0.114. The van der Waals surface area contributed by atoms with Crippen LogP contribution in [0.15, 0.2) is 18.2 Å². The first-order chi connectivity index (χ1) is 10.7. The van der Waals surface area contributed by atoms with Gasteiger partial charge in [0.25, 0.3) is 0 Å². The zero-order valence-corrected chi connectivity index (χ0v) is 12.6. The van der Waals surface area contributed by atoms with Crippen LogP contribution in [0, 0.1) is 0 Å². The molecule has 2 rings (SSSR count). The highest BCUT2D eigenvalue weighted by molar-refractivity contribution is 5.65. The quantitative estimate of drug-likeness (QED) is 0.892. The van der Waals surface area contributed by atoms with Crippen LogP contribution >= 0.6 is 0 Å². The number of alkyl halides is 3. The summed E-state index contributed by atoms with van der Waals surface area (Å²) in [7, 11) is 1.44. The van der Waals surface area contributed by atoms with Crippen LogP contribution in [0.2, 0.25) is 0 Å². The molecule has 0 spiro atoms. The molecule has 8 heteroatoms. The van der Waals surface area contributed by atoms with Crippen molar-refractivity contribution in [3.63, 3.8) is 0 Å². The van der Waals surface area contributed by atoms with Crippen LogP contribution in [-0.2, 0) is 23.1 Å². The highest BCUT2D eigenvalue weighted by Gasteiger charge is 2.40. The van der Waals surface area contributed by atoms with Crippen LogP contribution in [-0.4, -0.2) is 41.4 Å². The zero-order chi connectivity index (χ0) is 17.3. The van der Waals surface area contributed by atoms with Crippen molar-refractivity contribution in [1.82, 2.24) is 4.90 Å². The Balaban J connectivity index is 2.37. The maximum atomic E-state index is 12.8. The van der Waals surface area contributed by atoms with Gasteiger partial charge < -0.3 is 19.8 Å². The molecular formula is C15H18F3NO4. The summed E-state index contributed by atoms with van der Waals surface area (Å²) in [5.74, 6) is 0. The number of amides is 1. The third kappa shape index (κ3) is 3.42. The second-order valence-corrected chi connectivity index (χ2v) is 5.50. The highest BCUT2D eigenvalue weighted by atomic mass is 19.4. The minimum absolute atomic E-state index is 0.144. The van der Waals surface area contributed by atoms with Crippen molar-refractivity contribution in [2.24, 2.45) is 0 Å². The third-order valence-corrected chi connectivity index (χ3v) is 4.33. The van der Waals surface area contributed by atoms with Gasteiger partial charge in [-0.25, -0.2) is 4.79 Å². The molecule has 0 aliphatic carbocycles. The van der Waals surface area contributed by atoms with Gasteiger partial charge in [-0.15, -0.1) is 0 Å². The van der Waals surface area contributed by atoms with E-state index in [-0.39, 0.29) is 18.7 Å². The average Bonchev–Trinajstić information content (AvgIpc) is 2.53. The molecule has 1 heterocycles. The van der Waals surface area contributed by atoms with E-state index in [1.807, 2.05) is 0 Å². The molecule has 1 amide bonds. The largest absolute Gasteiger partial charge is 0.465 e. The van der Waals surface area contributed by atoms with E-state index in [0.717, 1.165) is 12.1 Å². The third-order valence-electron chi connectivity index (χ3n) is 4.33. The number of hydrogen-bond donors (Lipinski definition) is 2. The van der Waals surface area contributed by atoms with E-state index < -0.39 is 30.0 Å². The lowest BCUT2D eigenvalue weighted by Gasteiger charge is -2.41. The minimum atomic E-state index is -4.49. The standard InChI is InChI=1S/C15H18F3NO4/c1-23-14(4-6-19(7-5-14)13(21)22)12-3-2-11(15(16,17)18)8-10(12)9-20/h2-3,8,20H,4-7,9H2,1H3,(H,21,22). The Labute approximate surface area is 131 Å². The molecule has 1 aromatic carbocycles. The fourth-order valence-corrected chi connectivity index (χ4v) is 2.99. The number of piperidine rings is 1. The van der Waals surface area contributed by atoms with Crippen molar-refractivity contribution in [2.45, 2.75) is 31.2 Å². The number of carboxylic acid groups (broad SMARTS) is 1. The van der Waals surface area contributed by atoms with Gasteiger partial charge in [0.1, 0.15) is 0 Å². The lowest BCUT2D eigenvalue weighted by atomic mass is 9.81. The van der Waals surface area contributed by atoms with Gasteiger partial charge in [-0.3, -0.25) is 0 Å². The number of benzene rings is 1. The Bertz CT molecular complexity index is 581. The number of aliphatic hydroxyl groups is 1. The number of carbonyl (C=O) groups is 1. The lowest BCUT2D eigenvalue weighted by Crippen LogP contribution is -2.46. The van der Waals surface area contributed by atoms with E-state index in [1.165, 1.54) is 18.1 Å². The molecule has 1 aliphatic rings. The number of nitrogens with zero attached hydrogens (tertiary/aromatic N) is 1. The van der Waals surface area contributed by atoms with Gasteiger partial charge in [0.05, 0.1) is 17.8 Å². The predicted octanol–water partition coefficient (Wildman–Crippen LogP) is 2.81. The number of rotatable bonds is 3. The summed E-state index contributed by atoms with van der Waals surface area (Å²) in [6, 6.07) is 3.19. The van der Waals surface area contributed by atoms with Gasteiger partial charge in [0, 0.05) is 20.2 Å². The number of methoxy groups -OCH3 is 1. The molecule has 1 aromatic rings. The monoisotopic (exact) mass is 333 g/mol. The Hall–Kier alpha value is -1.80. The zero-order valence-electron chi connectivity index (χ0n) is 12.6. The maximum Gasteiger partial charge on any atom is 0.416 e. The van der Waals surface area contributed by atoms with Crippen LogP contribution in [0.5, 0.6) is 0 Å². The van der Waals surface area contributed by atoms with Crippen molar-refractivity contribution in [3.05, 3.63) is 34.9 Å². The molecule has 1 aliphatic heterocycles. The maximum absolute atomic E-state index is 12.8. The minimum Gasteiger partial charge on any atom is -0.465 e. The number of ether oxygens (including phenoxy) is 1. The Morgan fingerprint density at radius 3 is 2.39 bits per heavy atom. The SMILES string of the molecule is COC1(c2ccc(C(F)(F)F)cc2CO)CCN(C(=O)O)CC1. The first kappa shape index (κ1) is 17.6. The van der Waals surface area contributed by atoms with Gasteiger partial charge >= 0.3 is 12.3 Å². The average molecular weight is 333 g/mol. The molecule has 0 unspecified atom stereocenters. The smallest absolute Gasteiger partial charge is 0.416 e. The van der Waals surface area contributed by atoms with E-state index in [0.29, 0.717) is 18.4 Å². The van der Waals surface area contributed by atoms with Crippen LogP contribution in [0.4, 0.5) is 18.0 Å². The Morgan fingerprint density at radius 1 is 1.35 bits per heavy atom. The van der Waals surface area contributed by atoms with E-state index in [4.69, 9.17) is 9.84 Å². The van der Waals surface area contributed by atoms with E-state index >= 15 is 0 Å². The topological polar surface area (TPSA) is 70.0 Å². The van der Waals surface area contributed by atoms with Crippen molar-refractivity contribution < 1.29 is 32.9 Å². The number of hydrogen-bond acceptors (Lipinski definition) is 3. The number of halogens is 3. The van der Waals surface area contributed by atoms with Gasteiger partial charge in [-0.05, 0) is 36.1 Å². The number of aliphatic hydroxyl groups excluding tert-OH is 1. The van der Waals surface area contributed by atoms with Gasteiger partial charge in [-0.2, -0.15) is 13.2 Å². The Kier molecular flexibility index (Phi) is 4.86. The molecule has 1 fully saturated rings. The van der Waals surface area contributed by atoms with Crippen molar-refractivity contribution in [2.75, 3.05) is 20.2 Å². The fraction of sp³-hybridized carbons (Fsp3) is 0.533. The molecule has 2 N–H and O–H groups in total. The first-order valence-corrected chi connectivity index (χ1v) is 7.08. The molecule has 0 bridgehead atoms. The molecule has 128 valence electrons. The summed E-state index contributed by atoms with van der Waals surface area (Å²) >= 11 is 0. The molecule has 1 saturated heterocycles. The molecule has 0 aromatic heterocycles. The van der Waals surface area contributed by atoms with Crippen molar-refractivity contribution >= 4 is 6.09 Å². The van der Waals surface area contributed by atoms with Gasteiger partial charge in [-0.1, -0.05) is 6.07 Å². The molecule has 23 heavy (non-hydrogen) atoms. The normalized spacial score (nSPS) is 18.0. The molecular weight excluding hydrogens is 315 g/mol. The van der Waals surface area contributed by atoms with E-state index in [1.54, 1.807) is 0 Å². The second kappa shape index (κ2) is 6.37. The summed E-state index contributed by atoms with van der Waals surface area (Å²) in [5.41, 5.74) is -1.11. The lowest BCUT2D eigenvalue weighted by molar-refractivity contribution is -0.137. The summed E-state index contributed by atoms with van der Waals surface area (Å²) in [5, 5.41) is 18.5. The fourth-order valence-electron chi connectivity index (χ4n) is 2.99. The van der Waals surface area contributed by atoms with Crippen molar-refractivity contribution in [1.29, 1.82) is 0 Å². The van der Waals surface area contributed by atoms with E-state index in [9.17, 15) is 23.1 Å². The number of likely N-dealkylation sites (tertiary alicyclic amines) is 1. The molecule has 0 saturated carbocycles. The summed E-state index contributed by atoms with van der Waals surface area (Å²) in [4.78, 5) is 12.2. The van der Waals surface area contributed by atoms with Crippen LogP contribution in [0.1, 0.15) is 29.5 Å². The molecule has 0 atom stereocenters. The van der Waals surface area contributed by atoms with Gasteiger partial charge in [0.2, 0.25) is 0 Å². The van der Waals surface area contributed by atoms with Crippen LogP contribution in [0.3, 0.4) is 0 Å². The van der Waals surface area contributed by atoms with Crippen LogP contribution in [0.25, 0.3) is 0 Å². The van der Waals surface area contributed by atoms with E-state index in [2.05, 4.69) is 0 Å².